The minimum Gasteiger partial charge on any atom is -0.360 e. The van der Waals surface area contributed by atoms with Gasteiger partial charge in [-0.15, -0.1) is 0 Å². The third-order valence-electron chi connectivity index (χ3n) is 1.23. The molecule has 1 heterocycles. The molecule has 2 heteroatoms. The van der Waals surface area contributed by atoms with Crippen molar-refractivity contribution in [1.82, 2.24) is 4.98 Å². The number of aryl methyl sites for hydroxylation is 1. The van der Waals surface area contributed by atoms with Gasteiger partial charge in [0, 0.05) is 6.20 Å². The Balaban J connectivity index is 3.08. The summed E-state index contributed by atoms with van der Waals surface area (Å²) in [5.74, 6) is 0. The van der Waals surface area contributed by atoms with Gasteiger partial charge in [0.15, 0.2) is 0 Å². The van der Waals surface area contributed by atoms with E-state index in [2.05, 4.69) is 11.6 Å². The van der Waals surface area contributed by atoms with E-state index in [-0.39, 0.29) is 0 Å². The molecule has 0 fully saturated rings. The number of H-pyrrole nitrogens is 1. The van der Waals surface area contributed by atoms with Crippen LogP contribution in [0.15, 0.2) is 18.8 Å². The van der Waals surface area contributed by atoms with Crippen molar-refractivity contribution in [2.75, 3.05) is 0 Å². The van der Waals surface area contributed by atoms with Crippen molar-refractivity contribution in [2.45, 2.75) is 6.92 Å². The first-order chi connectivity index (χ1) is 4.22. The lowest BCUT2D eigenvalue weighted by Gasteiger charge is -1.92. The molecule has 0 bridgehead atoms. The van der Waals surface area contributed by atoms with E-state index in [9.17, 15) is 0 Å². The number of nitrogens with one attached hydrogen (secondary N) is 1. The topological polar surface area (TPSA) is 15.8 Å². The first-order valence-corrected chi connectivity index (χ1v) is 3.08. The predicted molar refractivity (Wildman–Crippen MR) is 40.4 cm³/mol. The molecule has 0 amide bonds. The van der Waals surface area contributed by atoms with Gasteiger partial charge in [-0.3, -0.25) is 0 Å². The van der Waals surface area contributed by atoms with Crippen LogP contribution < -0.4 is 0 Å². The highest BCUT2D eigenvalue weighted by Crippen LogP contribution is 2.17. The van der Waals surface area contributed by atoms with Crippen molar-refractivity contribution in [3.8, 4) is 0 Å². The Bertz CT molecular complexity index is 225. The largest absolute Gasteiger partial charge is 0.360 e. The minimum atomic E-state index is 0.567. The van der Waals surface area contributed by atoms with E-state index in [1.807, 2.05) is 19.2 Å². The second-order valence-corrected chi connectivity index (χ2v) is 2.40. The Hall–Kier alpha value is -0.690. The van der Waals surface area contributed by atoms with Gasteiger partial charge in [0.2, 0.25) is 0 Å². The molecule has 0 unspecified atom stereocenters. The van der Waals surface area contributed by atoms with Gasteiger partial charge < -0.3 is 4.98 Å². The normalized spacial score (nSPS) is 9.56. The molecular formula is C7H8ClN. The Morgan fingerprint density at radius 2 is 2.44 bits per heavy atom. The molecule has 0 aliphatic carbocycles. The van der Waals surface area contributed by atoms with Crippen LogP contribution >= 0.6 is 11.6 Å². The van der Waals surface area contributed by atoms with Crippen molar-refractivity contribution < 1.29 is 0 Å². The van der Waals surface area contributed by atoms with Gasteiger partial charge in [0.25, 0.3) is 0 Å². The minimum absolute atomic E-state index is 0.567. The van der Waals surface area contributed by atoms with E-state index in [4.69, 9.17) is 11.6 Å². The summed E-state index contributed by atoms with van der Waals surface area (Å²) in [7, 11) is 0. The van der Waals surface area contributed by atoms with Crippen molar-refractivity contribution in [3.05, 3.63) is 30.1 Å². The van der Waals surface area contributed by atoms with E-state index in [1.54, 1.807) is 0 Å². The molecule has 1 nitrogen and oxygen atoms in total. The molecule has 1 N–H and O–H groups in total. The summed E-state index contributed by atoms with van der Waals surface area (Å²) in [6.45, 7) is 5.58. The van der Waals surface area contributed by atoms with Crippen LogP contribution in [0.5, 0.6) is 0 Å². The fourth-order valence-electron chi connectivity index (χ4n) is 0.739. The molecule has 1 aromatic heterocycles. The molecule has 0 aromatic carbocycles. The summed E-state index contributed by atoms with van der Waals surface area (Å²) in [4.78, 5) is 2.97. The fourth-order valence-corrected chi connectivity index (χ4v) is 0.943. The zero-order chi connectivity index (χ0) is 6.85. The average Bonchev–Trinajstić information content (AvgIpc) is 2.13. The number of rotatable bonds is 1. The van der Waals surface area contributed by atoms with Crippen LogP contribution in [-0.4, -0.2) is 4.98 Å². The second-order valence-electron chi connectivity index (χ2n) is 1.94. The third kappa shape index (κ3) is 1.16. The van der Waals surface area contributed by atoms with Crippen LogP contribution in [0.3, 0.4) is 0 Å². The van der Waals surface area contributed by atoms with Crippen molar-refractivity contribution in [2.24, 2.45) is 0 Å². The monoisotopic (exact) mass is 141 g/mol. The van der Waals surface area contributed by atoms with Gasteiger partial charge in [0.05, 0.1) is 10.7 Å². The quantitative estimate of drug-likeness (QED) is 0.619. The molecule has 0 aliphatic rings. The molecule has 48 valence electrons. The molecule has 0 radical (unpaired) electrons. The SMILES string of the molecule is C=C(Cl)c1[nH]ccc1C. The molecule has 0 spiro atoms. The lowest BCUT2D eigenvalue weighted by atomic mass is 10.3. The van der Waals surface area contributed by atoms with E-state index in [0.717, 1.165) is 11.3 Å². The molecule has 9 heavy (non-hydrogen) atoms. The van der Waals surface area contributed by atoms with E-state index < -0.39 is 0 Å². The lowest BCUT2D eigenvalue weighted by molar-refractivity contribution is 1.34. The van der Waals surface area contributed by atoms with Gasteiger partial charge in [-0.1, -0.05) is 18.2 Å². The molecule has 1 rings (SSSR count). The summed E-state index contributed by atoms with van der Waals surface area (Å²) < 4.78 is 0. The molecule has 0 saturated carbocycles. The third-order valence-corrected chi connectivity index (χ3v) is 1.42. The number of halogens is 1. The first-order valence-electron chi connectivity index (χ1n) is 2.70. The summed E-state index contributed by atoms with van der Waals surface area (Å²) in [5, 5.41) is 0.567. The summed E-state index contributed by atoms with van der Waals surface area (Å²) >= 11 is 5.62. The highest BCUT2D eigenvalue weighted by Gasteiger charge is 1.98. The zero-order valence-electron chi connectivity index (χ0n) is 5.24. The Morgan fingerprint density at radius 3 is 2.67 bits per heavy atom. The van der Waals surface area contributed by atoms with Gasteiger partial charge >= 0.3 is 0 Å². The van der Waals surface area contributed by atoms with Crippen LogP contribution in [0.2, 0.25) is 0 Å². The average molecular weight is 142 g/mol. The van der Waals surface area contributed by atoms with Crippen molar-refractivity contribution in [3.63, 3.8) is 0 Å². The standard InChI is InChI=1S/C7H8ClN/c1-5-3-4-9-7(5)6(2)8/h3-4,9H,2H2,1H3. The molecule has 1 aromatic rings. The van der Waals surface area contributed by atoms with Gasteiger partial charge in [-0.05, 0) is 18.6 Å². The highest BCUT2D eigenvalue weighted by molar-refractivity contribution is 6.48. The molecular weight excluding hydrogens is 134 g/mol. The first kappa shape index (κ1) is 6.43. The number of hydrogen-bond donors (Lipinski definition) is 1. The summed E-state index contributed by atoms with van der Waals surface area (Å²) in [5.41, 5.74) is 2.06. The van der Waals surface area contributed by atoms with Gasteiger partial charge in [-0.2, -0.15) is 0 Å². The van der Waals surface area contributed by atoms with E-state index in [0.29, 0.717) is 5.03 Å². The van der Waals surface area contributed by atoms with Crippen LogP contribution in [0.4, 0.5) is 0 Å². The van der Waals surface area contributed by atoms with Crippen molar-refractivity contribution in [1.29, 1.82) is 0 Å². The lowest BCUT2D eigenvalue weighted by Crippen LogP contribution is -1.76. The van der Waals surface area contributed by atoms with E-state index in [1.165, 1.54) is 0 Å². The summed E-state index contributed by atoms with van der Waals surface area (Å²) in [6, 6.07) is 1.96. The van der Waals surface area contributed by atoms with E-state index >= 15 is 0 Å². The maximum absolute atomic E-state index is 5.62. The Labute approximate surface area is 59.3 Å². The second kappa shape index (κ2) is 2.28. The van der Waals surface area contributed by atoms with Crippen LogP contribution in [-0.2, 0) is 0 Å². The van der Waals surface area contributed by atoms with Crippen LogP contribution in [0.1, 0.15) is 11.3 Å². The predicted octanol–water partition coefficient (Wildman–Crippen LogP) is 2.53. The van der Waals surface area contributed by atoms with Gasteiger partial charge in [0.1, 0.15) is 0 Å². The Morgan fingerprint density at radius 1 is 1.78 bits per heavy atom. The fraction of sp³-hybridized carbons (Fsp3) is 0.143. The van der Waals surface area contributed by atoms with Crippen LogP contribution in [0.25, 0.3) is 5.03 Å². The molecule has 0 atom stereocenters. The smallest absolute Gasteiger partial charge is 0.0593 e. The molecule has 0 saturated heterocycles. The maximum Gasteiger partial charge on any atom is 0.0593 e. The number of aromatic amines is 1. The Kier molecular flexibility index (Phi) is 1.63. The van der Waals surface area contributed by atoms with Gasteiger partial charge in [-0.25, -0.2) is 0 Å². The van der Waals surface area contributed by atoms with Crippen molar-refractivity contribution >= 4 is 16.6 Å². The number of aromatic nitrogens is 1. The maximum atomic E-state index is 5.62. The number of hydrogen-bond acceptors (Lipinski definition) is 0. The zero-order valence-corrected chi connectivity index (χ0v) is 6.00. The van der Waals surface area contributed by atoms with Crippen LogP contribution in [0, 0.1) is 6.92 Å². The molecule has 0 aliphatic heterocycles. The highest BCUT2D eigenvalue weighted by atomic mass is 35.5. The summed E-state index contributed by atoms with van der Waals surface area (Å²) in [6.07, 6.45) is 1.85.